The van der Waals surface area contributed by atoms with Crippen LogP contribution < -0.4 is 5.32 Å². The molecule has 0 aliphatic rings. The van der Waals surface area contributed by atoms with Gasteiger partial charge in [0.15, 0.2) is 0 Å². The lowest BCUT2D eigenvalue weighted by Crippen LogP contribution is -2.23. The Morgan fingerprint density at radius 3 is 2.48 bits per heavy atom. The molecule has 2 aromatic rings. The first kappa shape index (κ1) is 14.7. The summed E-state index contributed by atoms with van der Waals surface area (Å²) in [6.07, 6.45) is 1.45. The van der Waals surface area contributed by atoms with Crippen LogP contribution in [0, 0.1) is 13.8 Å². The smallest absolute Gasteiger partial charge is 0.354 e. The average molecular weight is 284 g/mol. The molecular formula is C16H16N2O3. The van der Waals surface area contributed by atoms with Crippen molar-refractivity contribution in [1.29, 1.82) is 0 Å². The summed E-state index contributed by atoms with van der Waals surface area (Å²) in [4.78, 5) is 26.5. The molecule has 2 N–H and O–H groups in total. The van der Waals surface area contributed by atoms with E-state index < -0.39 is 5.97 Å². The van der Waals surface area contributed by atoms with Crippen molar-refractivity contribution in [2.24, 2.45) is 0 Å². The number of aromatic carboxylic acids is 1. The van der Waals surface area contributed by atoms with E-state index in [2.05, 4.69) is 10.3 Å². The molecule has 0 radical (unpaired) electrons. The summed E-state index contributed by atoms with van der Waals surface area (Å²) < 4.78 is 0. The number of aromatic nitrogens is 1. The molecule has 0 aliphatic carbocycles. The third-order valence-corrected chi connectivity index (χ3v) is 3.27. The Kier molecular flexibility index (Phi) is 4.33. The summed E-state index contributed by atoms with van der Waals surface area (Å²) in [5, 5.41) is 11.5. The molecule has 2 rings (SSSR count). The number of carboxylic acid groups (broad SMARTS) is 1. The van der Waals surface area contributed by atoms with Gasteiger partial charge in [-0.1, -0.05) is 12.1 Å². The van der Waals surface area contributed by atoms with E-state index in [4.69, 9.17) is 5.11 Å². The highest BCUT2D eigenvalue weighted by atomic mass is 16.4. The van der Waals surface area contributed by atoms with Gasteiger partial charge >= 0.3 is 5.97 Å². The highest BCUT2D eigenvalue weighted by Crippen LogP contribution is 2.10. The molecule has 1 aromatic heterocycles. The highest BCUT2D eigenvalue weighted by molar-refractivity contribution is 5.94. The van der Waals surface area contributed by atoms with Crippen LogP contribution in [0.3, 0.4) is 0 Å². The second kappa shape index (κ2) is 6.17. The first-order chi connectivity index (χ1) is 9.97. The fourth-order valence-electron chi connectivity index (χ4n) is 1.82. The number of carbonyl (C=O) groups excluding carboxylic acids is 1. The minimum atomic E-state index is -1.07. The molecule has 0 aliphatic heterocycles. The minimum absolute atomic E-state index is 0.0146. The van der Waals surface area contributed by atoms with Crippen LogP contribution in [0.15, 0.2) is 36.5 Å². The standard InChI is InChI=1S/C16H16N2O3/c1-10-3-5-13(7-11(10)2)15(19)18-9-12-4-6-14(16(20)21)17-8-12/h3-8H,9H2,1-2H3,(H,18,19)(H,20,21). The maximum absolute atomic E-state index is 12.0. The number of amides is 1. The van der Waals surface area contributed by atoms with Crippen molar-refractivity contribution in [3.63, 3.8) is 0 Å². The zero-order chi connectivity index (χ0) is 15.4. The molecule has 0 atom stereocenters. The molecule has 0 unspecified atom stereocenters. The molecule has 0 bridgehead atoms. The number of carboxylic acids is 1. The summed E-state index contributed by atoms with van der Waals surface area (Å²) in [6, 6.07) is 8.59. The largest absolute Gasteiger partial charge is 0.477 e. The maximum atomic E-state index is 12.0. The fraction of sp³-hybridized carbons (Fsp3) is 0.188. The average Bonchev–Trinajstić information content (AvgIpc) is 2.48. The Balaban J connectivity index is 2.00. The van der Waals surface area contributed by atoms with E-state index in [0.717, 1.165) is 16.7 Å². The van der Waals surface area contributed by atoms with Gasteiger partial charge in [0.2, 0.25) is 0 Å². The van der Waals surface area contributed by atoms with Crippen molar-refractivity contribution in [1.82, 2.24) is 10.3 Å². The molecule has 0 saturated heterocycles. The van der Waals surface area contributed by atoms with Crippen molar-refractivity contribution in [2.45, 2.75) is 20.4 Å². The lowest BCUT2D eigenvalue weighted by atomic mass is 10.1. The van der Waals surface area contributed by atoms with Crippen LogP contribution in [0.2, 0.25) is 0 Å². The van der Waals surface area contributed by atoms with Crippen molar-refractivity contribution in [2.75, 3.05) is 0 Å². The van der Waals surface area contributed by atoms with Gasteiger partial charge in [-0.2, -0.15) is 0 Å². The van der Waals surface area contributed by atoms with E-state index in [-0.39, 0.29) is 11.6 Å². The predicted molar refractivity (Wildman–Crippen MR) is 78.3 cm³/mol. The van der Waals surface area contributed by atoms with Gasteiger partial charge in [-0.25, -0.2) is 9.78 Å². The molecule has 21 heavy (non-hydrogen) atoms. The number of pyridine rings is 1. The first-order valence-electron chi connectivity index (χ1n) is 6.51. The van der Waals surface area contributed by atoms with Crippen LogP contribution in [0.1, 0.15) is 37.5 Å². The Hall–Kier alpha value is -2.69. The van der Waals surface area contributed by atoms with Gasteiger partial charge < -0.3 is 10.4 Å². The summed E-state index contributed by atoms with van der Waals surface area (Å²) >= 11 is 0. The van der Waals surface area contributed by atoms with Gasteiger partial charge in [-0.15, -0.1) is 0 Å². The Morgan fingerprint density at radius 1 is 1.14 bits per heavy atom. The number of aryl methyl sites for hydroxylation is 2. The lowest BCUT2D eigenvalue weighted by molar-refractivity contribution is 0.0690. The molecule has 1 aromatic carbocycles. The molecule has 1 heterocycles. The van der Waals surface area contributed by atoms with Gasteiger partial charge in [0, 0.05) is 18.3 Å². The van der Waals surface area contributed by atoms with E-state index in [1.165, 1.54) is 12.3 Å². The Labute approximate surface area is 122 Å². The SMILES string of the molecule is Cc1ccc(C(=O)NCc2ccc(C(=O)O)nc2)cc1C. The van der Waals surface area contributed by atoms with Crippen LogP contribution >= 0.6 is 0 Å². The molecule has 1 amide bonds. The number of hydrogen-bond acceptors (Lipinski definition) is 3. The molecule has 0 fully saturated rings. The van der Waals surface area contributed by atoms with Gasteiger partial charge in [-0.3, -0.25) is 4.79 Å². The van der Waals surface area contributed by atoms with Gasteiger partial charge in [0.05, 0.1) is 0 Å². The van der Waals surface area contributed by atoms with E-state index in [1.807, 2.05) is 26.0 Å². The van der Waals surface area contributed by atoms with E-state index in [9.17, 15) is 9.59 Å². The minimum Gasteiger partial charge on any atom is -0.477 e. The quantitative estimate of drug-likeness (QED) is 0.903. The number of nitrogens with zero attached hydrogens (tertiary/aromatic N) is 1. The van der Waals surface area contributed by atoms with Crippen LogP contribution in [0.25, 0.3) is 0 Å². The zero-order valence-electron chi connectivity index (χ0n) is 11.9. The van der Waals surface area contributed by atoms with Crippen LogP contribution in [0.5, 0.6) is 0 Å². The normalized spacial score (nSPS) is 10.2. The van der Waals surface area contributed by atoms with Crippen molar-refractivity contribution in [3.05, 3.63) is 64.5 Å². The number of rotatable bonds is 4. The summed E-state index contributed by atoms with van der Waals surface area (Å²) in [6.45, 7) is 4.26. The summed E-state index contributed by atoms with van der Waals surface area (Å²) in [5.41, 5.74) is 3.54. The highest BCUT2D eigenvalue weighted by Gasteiger charge is 2.07. The van der Waals surface area contributed by atoms with Crippen LogP contribution in [-0.2, 0) is 6.54 Å². The number of hydrogen-bond donors (Lipinski definition) is 2. The number of nitrogens with one attached hydrogen (secondary N) is 1. The number of benzene rings is 1. The third-order valence-electron chi connectivity index (χ3n) is 3.27. The molecule has 108 valence electrons. The van der Waals surface area contributed by atoms with Crippen LogP contribution in [-0.4, -0.2) is 22.0 Å². The molecule has 0 saturated carbocycles. The molecule has 5 nitrogen and oxygen atoms in total. The lowest BCUT2D eigenvalue weighted by Gasteiger charge is -2.07. The van der Waals surface area contributed by atoms with Crippen molar-refractivity contribution < 1.29 is 14.7 Å². The summed E-state index contributed by atoms with van der Waals surface area (Å²) in [5.74, 6) is -1.24. The van der Waals surface area contributed by atoms with E-state index >= 15 is 0 Å². The second-order valence-electron chi connectivity index (χ2n) is 4.84. The first-order valence-corrected chi connectivity index (χ1v) is 6.51. The molecular weight excluding hydrogens is 268 g/mol. The third kappa shape index (κ3) is 3.66. The Morgan fingerprint density at radius 2 is 1.90 bits per heavy atom. The van der Waals surface area contributed by atoms with Gasteiger partial charge in [0.1, 0.15) is 5.69 Å². The zero-order valence-corrected chi connectivity index (χ0v) is 11.9. The van der Waals surface area contributed by atoms with Gasteiger partial charge in [0.25, 0.3) is 5.91 Å². The predicted octanol–water partition coefficient (Wildman–Crippen LogP) is 2.33. The van der Waals surface area contributed by atoms with Crippen molar-refractivity contribution >= 4 is 11.9 Å². The molecule has 0 spiro atoms. The van der Waals surface area contributed by atoms with Crippen molar-refractivity contribution in [3.8, 4) is 0 Å². The topological polar surface area (TPSA) is 79.3 Å². The monoisotopic (exact) mass is 284 g/mol. The van der Waals surface area contributed by atoms with E-state index in [1.54, 1.807) is 12.1 Å². The molecule has 5 heteroatoms. The van der Waals surface area contributed by atoms with Gasteiger partial charge in [-0.05, 0) is 48.7 Å². The summed E-state index contributed by atoms with van der Waals surface area (Å²) in [7, 11) is 0. The van der Waals surface area contributed by atoms with Crippen LogP contribution in [0.4, 0.5) is 0 Å². The van der Waals surface area contributed by atoms with E-state index in [0.29, 0.717) is 12.1 Å². The number of carbonyl (C=O) groups is 2. The fourth-order valence-corrected chi connectivity index (χ4v) is 1.82. The Bertz CT molecular complexity index is 678. The maximum Gasteiger partial charge on any atom is 0.354 e. The second-order valence-corrected chi connectivity index (χ2v) is 4.84.